The predicted molar refractivity (Wildman–Crippen MR) is 87.7 cm³/mol. The molecule has 0 aliphatic carbocycles. The predicted octanol–water partition coefficient (Wildman–Crippen LogP) is 1.85. The van der Waals surface area contributed by atoms with Gasteiger partial charge in [-0.1, -0.05) is 24.3 Å². The Hall–Kier alpha value is -2.08. The molecule has 0 spiro atoms. The monoisotopic (exact) mass is 318 g/mol. The molecule has 0 fully saturated rings. The van der Waals surface area contributed by atoms with Crippen LogP contribution in [-0.2, 0) is 0 Å². The van der Waals surface area contributed by atoms with Gasteiger partial charge in [-0.3, -0.25) is 0 Å². The summed E-state index contributed by atoms with van der Waals surface area (Å²) in [5.74, 6) is 1.42. The van der Waals surface area contributed by atoms with Gasteiger partial charge < -0.3 is 24.8 Å². The highest BCUT2D eigenvalue weighted by atomic mass is 16.5. The van der Waals surface area contributed by atoms with Crippen LogP contribution >= 0.6 is 0 Å². The average molecular weight is 318 g/mol. The van der Waals surface area contributed by atoms with Gasteiger partial charge in [-0.05, 0) is 35.4 Å². The van der Waals surface area contributed by atoms with Crippen molar-refractivity contribution < 1.29 is 24.8 Å². The van der Waals surface area contributed by atoms with E-state index in [1.165, 1.54) is 0 Å². The molecule has 0 saturated carbocycles. The fourth-order valence-corrected chi connectivity index (χ4v) is 1.99. The standard InChI is InChI=1S/C18H22O5/c19-10-1-11-22-17-6-2-14(3-7-17)15-4-8-18(9-5-15)23-13-16(21)12-20/h2-9,16,19-21H,1,10-13H2. The lowest BCUT2D eigenvalue weighted by Crippen LogP contribution is -2.21. The molecule has 0 radical (unpaired) electrons. The van der Waals surface area contributed by atoms with Crippen LogP contribution in [0.3, 0.4) is 0 Å². The molecule has 0 aromatic heterocycles. The Kier molecular flexibility index (Phi) is 6.87. The van der Waals surface area contributed by atoms with Crippen molar-refractivity contribution in [1.82, 2.24) is 0 Å². The molecule has 0 aliphatic rings. The van der Waals surface area contributed by atoms with Gasteiger partial charge in [-0.15, -0.1) is 0 Å². The molecule has 3 N–H and O–H groups in total. The third-order valence-electron chi connectivity index (χ3n) is 3.27. The topological polar surface area (TPSA) is 79.2 Å². The molecular formula is C18H22O5. The van der Waals surface area contributed by atoms with Gasteiger partial charge in [0.2, 0.25) is 0 Å². The molecule has 2 aromatic carbocycles. The molecule has 0 aliphatic heterocycles. The minimum absolute atomic E-state index is 0.0652. The molecule has 5 nitrogen and oxygen atoms in total. The maximum atomic E-state index is 9.25. The Bertz CT molecular complexity index is 565. The zero-order chi connectivity index (χ0) is 16.5. The van der Waals surface area contributed by atoms with E-state index >= 15 is 0 Å². The second-order valence-corrected chi connectivity index (χ2v) is 5.12. The first-order valence-electron chi connectivity index (χ1n) is 7.59. The summed E-state index contributed by atoms with van der Waals surface area (Å²) in [5, 5.41) is 26.7. The first-order valence-corrected chi connectivity index (χ1v) is 7.59. The second kappa shape index (κ2) is 9.15. The molecule has 5 heteroatoms. The van der Waals surface area contributed by atoms with Crippen molar-refractivity contribution >= 4 is 0 Å². The number of hydrogen-bond acceptors (Lipinski definition) is 5. The van der Waals surface area contributed by atoms with E-state index in [-0.39, 0.29) is 19.8 Å². The van der Waals surface area contributed by atoms with Crippen molar-refractivity contribution in [3.05, 3.63) is 48.5 Å². The zero-order valence-electron chi connectivity index (χ0n) is 12.9. The third kappa shape index (κ3) is 5.56. The Labute approximate surface area is 135 Å². The minimum atomic E-state index is -0.868. The van der Waals surface area contributed by atoms with Crippen molar-refractivity contribution in [1.29, 1.82) is 0 Å². The van der Waals surface area contributed by atoms with E-state index in [9.17, 15) is 5.11 Å². The Morgan fingerprint density at radius 2 is 1.30 bits per heavy atom. The van der Waals surface area contributed by atoms with Crippen molar-refractivity contribution in [2.24, 2.45) is 0 Å². The van der Waals surface area contributed by atoms with Crippen LogP contribution in [0.15, 0.2) is 48.5 Å². The highest BCUT2D eigenvalue weighted by Gasteiger charge is 2.04. The number of benzene rings is 2. The lowest BCUT2D eigenvalue weighted by Gasteiger charge is -2.10. The highest BCUT2D eigenvalue weighted by Crippen LogP contribution is 2.24. The summed E-state index contributed by atoms with van der Waals surface area (Å²) < 4.78 is 10.9. The summed E-state index contributed by atoms with van der Waals surface area (Å²) in [6.45, 7) is 0.379. The zero-order valence-corrected chi connectivity index (χ0v) is 12.9. The molecule has 0 bridgehead atoms. The van der Waals surface area contributed by atoms with Gasteiger partial charge in [0.25, 0.3) is 0 Å². The van der Waals surface area contributed by atoms with E-state index < -0.39 is 6.10 Å². The van der Waals surface area contributed by atoms with Gasteiger partial charge in [0, 0.05) is 13.0 Å². The lowest BCUT2D eigenvalue weighted by molar-refractivity contribution is 0.0536. The van der Waals surface area contributed by atoms with Crippen LogP contribution in [0, 0.1) is 0 Å². The Morgan fingerprint density at radius 1 is 0.783 bits per heavy atom. The van der Waals surface area contributed by atoms with Gasteiger partial charge in [-0.2, -0.15) is 0 Å². The van der Waals surface area contributed by atoms with Crippen molar-refractivity contribution in [3.63, 3.8) is 0 Å². The molecule has 124 valence electrons. The van der Waals surface area contributed by atoms with E-state index in [4.69, 9.17) is 19.7 Å². The number of ether oxygens (including phenoxy) is 2. The van der Waals surface area contributed by atoms with Crippen molar-refractivity contribution in [2.45, 2.75) is 12.5 Å². The number of aliphatic hydroxyl groups excluding tert-OH is 3. The van der Waals surface area contributed by atoms with E-state index in [1.54, 1.807) is 0 Å². The molecule has 0 saturated heterocycles. The number of hydrogen-bond donors (Lipinski definition) is 3. The summed E-state index contributed by atoms with van der Waals surface area (Å²) in [6.07, 6.45) is -0.248. The van der Waals surface area contributed by atoms with Crippen LogP contribution in [-0.4, -0.2) is 47.9 Å². The summed E-state index contributed by atoms with van der Waals surface area (Å²) >= 11 is 0. The summed E-state index contributed by atoms with van der Waals surface area (Å²) in [5.41, 5.74) is 2.10. The van der Waals surface area contributed by atoms with Crippen LogP contribution in [0.4, 0.5) is 0 Å². The summed E-state index contributed by atoms with van der Waals surface area (Å²) in [7, 11) is 0. The van der Waals surface area contributed by atoms with Crippen molar-refractivity contribution in [2.75, 3.05) is 26.4 Å². The second-order valence-electron chi connectivity index (χ2n) is 5.12. The van der Waals surface area contributed by atoms with E-state index in [0.29, 0.717) is 18.8 Å². The Morgan fingerprint density at radius 3 is 1.78 bits per heavy atom. The highest BCUT2D eigenvalue weighted by molar-refractivity contribution is 5.64. The fraction of sp³-hybridized carbons (Fsp3) is 0.333. The van der Waals surface area contributed by atoms with Gasteiger partial charge in [0.05, 0.1) is 13.2 Å². The van der Waals surface area contributed by atoms with Gasteiger partial charge >= 0.3 is 0 Å². The normalized spacial score (nSPS) is 12.0. The summed E-state index contributed by atoms with van der Waals surface area (Å²) in [6, 6.07) is 15.3. The molecule has 23 heavy (non-hydrogen) atoms. The van der Waals surface area contributed by atoms with E-state index in [2.05, 4.69) is 0 Å². The first kappa shape index (κ1) is 17.3. The van der Waals surface area contributed by atoms with Crippen LogP contribution in [0.5, 0.6) is 11.5 Å². The molecule has 0 amide bonds. The quantitative estimate of drug-likeness (QED) is 0.615. The maximum Gasteiger partial charge on any atom is 0.119 e. The fourth-order valence-electron chi connectivity index (χ4n) is 1.99. The molecular weight excluding hydrogens is 296 g/mol. The van der Waals surface area contributed by atoms with Crippen LogP contribution in [0.25, 0.3) is 11.1 Å². The van der Waals surface area contributed by atoms with Gasteiger partial charge in [0.1, 0.15) is 24.2 Å². The average Bonchev–Trinajstić information content (AvgIpc) is 2.61. The van der Waals surface area contributed by atoms with Gasteiger partial charge in [0.15, 0.2) is 0 Å². The summed E-state index contributed by atoms with van der Waals surface area (Å²) in [4.78, 5) is 0. The molecule has 1 atom stereocenters. The van der Waals surface area contributed by atoms with Crippen molar-refractivity contribution in [3.8, 4) is 22.6 Å². The maximum absolute atomic E-state index is 9.25. The van der Waals surface area contributed by atoms with Crippen LogP contribution < -0.4 is 9.47 Å². The molecule has 0 heterocycles. The molecule has 2 aromatic rings. The molecule has 2 rings (SSSR count). The number of aliphatic hydroxyl groups is 3. The van der Waals surface area contributed by atoms with E-state index in [0.717, 1.165) is 16.9 Å². The Balaban J connectivity index is 1.93. The smallest absolute Gasteiger partial charge is 0.119 e. The third-order valence-corrected chi connectivity index (χ3v) is 3.27. The first-order chi connectivity index (χ1) is 11.2. The molecule has 1 unspecified atom stereocenters. The SMILES string of the molecule is OCCCOc1ccc(-c2ccc(OCC(O)CO)cc2)cc1. The van der Waals surface area contributed by atoms with Crippen LogP contribution in [0.1, 0.15) is 6.42 Å². The van der Waals surface area contributed by atoms with Gasteiger partial charge in [-0.25, -0.2) is 0 Å². The minimum Gasteiger partial charge on any atom is -0.494 e. The largest absolute Gasteiger partial charge is 0.494 e. The lowest BCUT2D eigenvalue weighted by atomic mass is 10.1. The van der Waals surface area contributed by atoms with E-state index in [1.807, 2.05) is 48.5 Å². The number of rotatable bonds is 9. The van der Waals surface area contributed by atoms with Crippen LogP contribution in [0.2, 0.25) is 0 Å².